The first-order valence-corrected chi connectivity index (χ1v) is 5.52. The summed E-state index contributed by atoms with van der Waals surface area (Å²) in [5.41, 5.74) is 0.668. The van der Waals surface area contributed by atoms with Gasteiger partial charge in [-0.25, -0.2) is 9.78 Å². The minimum absolute atomic E-state index is 0.123. The average molecular weight is 255 g/mol. The molecule has 0 radical (unpaired) electrons. The lowest BCUT2D eigenvalue weighted by Gasteiger charge is -2.01. The number of aromatic hydroxyl groups is 1. The maximum Gasteiger partial charge on any atom is 0.356 e. The van der Waals surface area contributed by atoms with Crippen LogP contribution in [0.4, 0.5) is 0 Å². The zero-order chi connectivity index (χ0) is 13.4. The highest BCUT2D eigenvalue weighted by Gasteiger charge is 2.20. The molecule has 0 aromatic carbocycles. The zero-order valence-electron chi connectivity index (χ0n) is 9.69. The highest BCUT2D eigenvalue weighted by atomic mass is 16.4. The second-order valence-corrected chi connectivity index (χ2v) is 3.94. The molecule has 0 atom stereocenters. The number of fused-ring (bicyclic) bond motifs is 1. The van der Waals surface area contributed by atoms with Gasteiger partial charge in [-0.3, -0.25) is 9.38 Å². The van der Waals surface area contributed by atoms with Gasteiger partial charge in [0.25, 0.3) is 0 Å². The van der Waals surface area contributed by atoms with E-state index in [0.717, 1.165) is 0 Å². The highest BCUT2D eigenvalue weighted by molar-refractivity contribution is 5.96. The second kappa shape index (κ2) is 4.09. The van der Waals surface area contributed by atoms with Crippen LogP contribution >= 0.6 is 0 Å². The molecule has 6 nitrogen and oxygen atoms in total. The summed E-state index contributed by atoms with van der Waals surface area (Å²) in [6.07, 6.45) is 4.86. The maximum atomic E-state index is 11.2. The lowest BCUT2D eigenvalue weighted by molar-refractivity contribution is 0.0693. The van der Waals surface area contributed by atoms with E-state index in [0.29, 0.717) is 11.4 Å². The molecule has 3 aromatic rings. The van der Waals surface area contributed by atoms with Gasteiger partial charge in [-0.1, -0.05) is 0 Å². The number of rotatable bonds is 2. The molecular weight excluding hydrogens is 246 g/mol. The monoisotopic (exact) mass is 255 g/mol. The van der Waals surface area contributed by atoms with E-state index in [9.17, 15) is 9.90 Å². The Morgan fingerprint density at radius 1 is 1.26 bits per heavy atom. The third-order valence-corrected chi connectivity index (χ3v) is 2.77. The van der Waals surface area contributed by atoms with Crippen LogP contribution in [0.15, 0.2) is 42.9 Å². The summed E-state index contributed by atoms with van der Waals surface area (Å²) in [7, 11) is 0. The minimum Gasteiger partial charge on any atom is -0.506 e. The van der Waals surface area contributed by atoms with Crippen molar-refractivity contribution in [3.05, 3.63) is 48.5 Å². The fourth-order valence-corrected chi connectivity index (χ4v) is 1.97. The number of aromatic carboxylic acids is 1. The van der Waals surface area contributed by atoms with Gasteiger partial charge in [0.1, 0.15) is 17.1 Å². The predicted octanol–water partition coefficient (Wildman–Crippen LogP) is 1.80. The van der Waals surface area contributed by atoms with Crippen molar-refractivity contribution in [1.82, 2.24) is 14.4 Å². The van der Waals surface area contributed by atoms with Crippen LogP contribution in [0.2, 0.25) is 0 Å². The molecule has 0 aliphatic heterocycles. The van der Waals surface area contributed by atoms with E-state index in [1.165, 1.54) is 10.5 Å². The van der Waals surface area contributed by atoms with Gasteiger partial charge in [0.15, 0.2) is 5.69 Å². The number of carboxylic acids is 1. The minimum atomic E-state index is -1.19. The number of nitrogens with zero attached hydrogens (tertiary/aromatic N) is 3. The summed E-state index contributed by atoms with van der Waals surface area (Å²) in [6, 6.07) is 6.56. The van der Waals surface area contributed by atoms with E-state index in [1.54, 1.807) is 36.8 Å². The number of hydrogen-bond acceptors (Lipinski definition) is 4. The van der Waals surface area contributed by atoms with Crippen LogP contribution < -0.4 is 0 Å². The molecule has 6 heteroatoms. The molecule has 2 N–H and O–H groups in total. The quantitative estimate of drug-likeness (QED) is 0.729. The summed E-state index contributed by atoms with van der Waals surface area (Å²) >= 11 is 0. The van der Waals surface area contributed by atoms with Crippen molar-refractivity contribution >= 4 is 11.5 Å². The Morgan fingerprint density at radius 2 is 2.11 bits per heavy atom. The number of carboxylic acid groups (broad SMARTS) is 1. The van der Waals surface area contributed by atoms with Crippen molar-refractivity contribution in [3.63, 3.8) is 0 Å². The van der Waals surface area contributed by atoms with Gasteiger partial charge in [-0.2, -0.15) is 0 Å². The van der Waals surface area contributed by atoms with Gasteiger partial charge in [0.2, 0.25) is 0 Å². The Morgan fingerprint density at radius 3 is 2.79 bits per heavy atom. The van der Waals surface area contributed by atoms with Crippen LogP contribution in [-0.4, -0.2) is 30.6 Å². The summed E-state index contributed by atoms with van der Waals surface area (Å²) < 4.78 is 1.54. The van der Waals surface area contributed by atoms with E-state index in [2.05, 4.69) is 9.97 Å². The van der Waals surface area contributed by atoms with Crippen LogP contribution in [0.5, 0.6) is 5.75 Å². The molecule has 3 aromatic heterocycles. The first kappa shape index (κ1) is 11.2. The van der Waals surface area contributed by atoms with Crippen LogP contribution in [0.3, 0.4) is 0 Å². The topological polar surface area (TPSA) is 87.7 Å². The predicted molar refractivity (Wildman–Crippen MR) is 67.0 cm³/mol. The third kappa shape index (κ3) is 1.70. The van der Waals surface area contributed by atoms with Crippen molar-refractivity contribution in [2.75, 3.05) is 0 Å². The molecule has 94 valence electrons. The molecule has 19 heavy (non-hydrogen) atoms. The highest BCUT2D eigenvalue weighted by Crippen LogP contribution is 2.27. The molecule has 0 aliphatic carbocycles. The Balaban J connectivity index is 2.39. The second-order valence-electron chi connectivity index (χ2n) is 3.94. The van der Waals surface area contributed by atoms with Crippen molar-refractivity contribution in [2.45, 2.75) is 0 Å². The summed E-state index contributed by atoms with van der Waals surface area (Å²) in [4.78, 5) is 19.3. The van der Waals surface area contributed by atoms with E-state index >= 15 is 0 Å². The molecule has 0 unspecified atom stereocenters. The number of pyridine rings is 2. The van der Waals surface area contributed by atoms with Gasteiger partial charge in [0.05, 0.1) is 0 Å². The Hall–Kier alpha value is -2.89. The first-order valence-electron chi connectivity index (χ1n) is 5.52. The van der Waals surface area contributed by atoms with Crippen LogP contribution in [0, 0.1) is 0 Å². The first-order chi connectivity index (χ1) is 9.18. The van der Waals surface area contributed by atoms with Gasteiger partial charge in [-0.05, 0) is 24.3 Å². The molecule has 0 fully saturated rings. The molecular formula is C13H9N3O3. The molecule has 0 saturated carbocycles. The molecule has 3 heterocycles. The van der Waals surface area contributed by atoms with Crippen LogP contribution in [0.1, 0.15) is 10.5 Å². The van der Waals surface area contributed by atoms with Gasteiger partial charge in [0, 0.05) is 24.2 Å². The van der Waals surface area contributed by atoms with Gasteiger partial charge < -0.3 is 10.2 Å². The molecule has 0 bridgehead atoms. The van der Waals surface area contributed by atoms with E-state index < -0.39 is 5.97 Å². The largest absolute Gasteiger partial charge is 0.506 e. The summed E-state index contributed by atoms with van der Waals surface area (Å²) in [5.74, 6) is -0.881. The van der Waals surface area contributed by atoms with Gasteiger partial charge in [-0.15, -0.1) is 0 Å². The fourth-order valence-electron chi connectivity index (χ4n) is 1.97. The smallest absolute Gasteiger partial charge is 0.356 e. The standard InChI is InChI=1S/C13H9N3O3/c17-9-4-2-6-16-11(9)10(13(18)19)15-12(16)8-3-1-5-14-7-8/h1-7,17H,(H,18,19). The average Bonchev–Trinajstić information content (AvgIpc) is 2.81. The number of aromatic nitrogens is 3. The van der Waals surface area contributed by atoms with Gasteiger partial charge >= 0.3 is 5.97 Å². The normalized spacial score (nSPS) is 10.7. The van der Waals surface area contributed by atoms with Crippen LogP contribution in [-0.2, 0) is 0 Å². The number of hydrogen-bond donors (Lipinski definition) is 2. The molecule has 0 spiro atoms. The van der Waals surface area contributed by atoms with Crippen molar-refractivity contribution in [2.24, 2.45) is 0 Å². The number of imidazole rings is 1. The zero-order valence-corrected chi connectivity index (χ0v) is 9.69. The maximum absolute atomic E-state index is 11.2. The van der Waals surface area contributed by atoms with Crippen LogP contribution in [0.25, 0.3) is 16.9 Å². The molecule has 0 aliphatic rings. The molecule has 0 amide bonds. The van der Waals surface area contributed by atoms with Crippen molar-refractivity contribution < 1.29 is 15.0 Å². The van der Waals surface area contributed by atoms with Crippen molar-refractivity contribution in [3.8, 4) is 17.1 Å². The molecule has 3 rings (SSSR count). The lowest BCUT2D eigenvalue weighted by atomic mass is 10.3. The molecule has 0 saturated heterocycles. The van der Waals surface area contributed by atoms with E-state index in [-0.39, 0.29) is 17.0 Å². The Labute approximate surface area is 107 Å². The van der Waals surface area contributed by atoms with Crippen molar-refractivity contribution in [1.29, 1.82) is 0 Å². The SMILES string of the molecule is O=C(O)c1nc(-c2cccnc2)n2cccc(O)c12. The summed E-state index contributed by atoms with van der Waals surface area (Å²) in [5, 5.41) is 19.0. The Bertz CT molecular complexity index is 765. The third-order valence-electron chi connectivity index (χ3n) is 2.77. The summed E-state index contributed by atoms with van der Waals surface area (Å²) in [6.45, 7) is 0. The van der Waals surface area contributed by atoms with E-state index in [4.69, 9.17) is 5.11 Å². The fraction of sp³-hybridized carbons (Fsp3) is 0. The van der Waals surface area contributed by atoms with E-state index in [1.807, 2.05) is 0 Å². The Kier molecular flexibility index (Phi) is 2.42. The number of carbonyl (C=O) groups is 1. The lowest BCUT2D eigenvalue weighted by Crippen LogP contribution is -1.97.